The number of nitro benzene ring substituents is 1. The molecule has 2 aromatic carbocycles. The molecular formula is C16H10ClF3N2O6. The minimum Gasteiger partial charge on any atom is -0.452 e. The van der Waals surface area contributed by atoms with Crippen LogP contribution in [0.3, 0.4) is 0 Å². The number of halogens is 4. The quantitative estimate of drug-likeness (QED) is 0.432. The first-order chi connectivity index (χ1) is 13.0. The van der Waals surface area contributed by atoms with Crippen molar-refractivity contribution in [3.8, 4) is 5.75 Å². The third-order valence-corrected chi connectivity index (χ3v) is 3.40. The molecule has 2 rings (SSSR count). The second kappa shape index (κ2) is 8.57. The predicted molar refractivity (Wildman–Crippen MR) is 90.1 cm³/mol. The van der Waals surface area contributed by atoms with Crippen LogP contribution in [-0.2, 0) is 9.53 Å². The maximum atomic E-state index is 12.1. The summed E-state index contributed by atoms with van der Waals surface area (Å²) in [7, 11) is 0. The second-order valence-electron chi connectivity index (χ2n) is 5.12. The molecule has 12 heteroatoms. The summed E-state index contributed by atoms with van der Waals surface area (Å²) in [5, 5.41) is 13.0. The van der Waals surface area contributed by atoms with Crippen LogP contribution in [0, 0.1) is 10.1 Å². The standard InChI is InChI=1S/C16H10ClF3N2O6/c17-12-6-3-10(7-13(12)22(25)26)21-14(23)8-27-15(24)9-1-4-11(5-2-9)28-16(18,19)20/h1-7H,8H2,(H,21,23). The molecule has 1 N–H and O–H groups in total. The number of nitrogens with one attached hydrogen (secondary N) is 1. The van der Waals surface area contributed by atoms with E-state index in [0.29, 0.717) is 0 Å². The van der Waals surface area contributed by atoms with E-state index in [1.807, 2.05) is 0 Å². The van der Waals surface area contributed by atoms with Gasteiger partial charge in [0.15, 0.2) is 6.61 Å². The molecule has 28 heavy (non-hydrogen) atoms. The Labute approximate surface area is 160 Å². The van der Waals surface area contributed by atoms with Crippen LogP contribution in [0.2, 0.25) is 5.02 Å². The van der Waals surface area contributed by atoms with Crippen LogP contribution in [0.5, 0.6) is 5.75 Å². The molecule has 1 amide bonds. The summed E-state index contributed by atoms with van der Waals surface area (Å²) >= 11 is 5.65. The van der Waals surface area contributed by atoms with Crippen LogP contribution in [-0.4, -0.2) is 29.8 Å². The first kappa shape index (κ1) is 21.0. The van der Waals surface area contributed by atoms with Crippen molar-refractivity contribution in [2.24, 2.45) is 0 Å². The number of carbonyl (C=O) groups excluding carboxylic acids is 2. The van der Waals surface area contributed by atoms with Gasteiger partial charge in [-0.25, -0.2) is 4.79 Å². The van der Waals surface area contributed by atoms with E-state index < -0.39 is 41.2 Å². The Balaban J connectivity index is 1.91. The van der Waals surface area contributed by atoms with Crippen LogP contribution in [0.4, 0.5) is 24.5 Å². The lowest BCUT2D eigenvalue weighted by Gasteiger charge is -2.09. The first-order valence-corrected chi connectivity index (χ1v) is 7.69. The number of alkyl halides is 3. The van der Waals surface area contributed by atoms with E-state index in [1.54, 1.807) is 0 Å². The van der Waals surface area contributed by atoms with Crippen LogP contribution < -0.4 is 10.1 Å². The predicted octanol–water partition coefficient (Wildman–Crippen LogP) is 3.94. The molecular weight excluding hydrogens is 409 g/mol. The molecule has 148 valence electrons. The van der Waals surface area contributed by atoms with Crippen molar-refractivity contribution in [1.29, 1.82) is 0 Å². The van der Waals surface area contributed by atoms with Gasteiger partial charge in [-0.2, -0.15) is 0 Å². The van der Waals surface area contributed by atoms with Crippen molar-refractivity contribution in [2.75, 3.05) is 11.9 Å². The zero-order valence-corrected chi connectivity index (χ0v) is 14.4. The molecule has 0 aliphatic heterocycles. The molecule has 0 fully saturated rings. The van der Waals surface area contributed by atoms with Crippen LogP contribution >= 0.6 is 11.6 Å². The number of anilines is 1. The largest absolute Gasteiger partial charge is 0.573 e. The number of amides is 1. The van der Waals surface area contributed by atoms with E-state index in [1.165, 1.54) is 12.1 Å². The zero-order valence-electron chi connectivity index (χ0n) is 13.7. The number of hydrogen-bond acceptors (Lipinski definition) is 6. The number of carbonyl (C=O) groups is 2. The molecule has 0 heterocycles. The molecule has 8 nitrogen and oxygen atoms in total. The highest BCUT2D eigenvalue weighted by atomic mass is 35.5. The van der Waals surface area contributed by atoms with Crippen molar-refractivity contribution in [1.82, 2.24) is 0 Å². The van der Waals surface area contributed by atoms with Gasteiger partial charge < -0.3 is 14.8 Å². The maximum Gasteiger partial charge on any atom is 0.573 e. The zero-order chi connectivity index (χ0) is 20.9. The number of hydrogen-bond donors (Lipinski definition) is 1. The molecule has 2 aromatic rings. The van der Waals surface area contributed by atoms with E-state index in [2.05, 4.69) is 10.1 Å². The lowest BCUT2D eigenvalue weighted by Crippen LogP contribution is -2.21. The van der Waals surface area contributed by atoms with E-state index in [-0.39, 0.29) is 16.3 Å². The summed E-state index contributed by atoms with van der Waals surface area (Å²) in [4.78, 5) is 33.7. The Kier molecular flexibility index (Phi) is 6.41. The second-order valence-corrected chi connectivity index (χ2v) is 5.53. The topological polar surface area (TPSA) is 108 Å². The van der Waals surface area contributed by atoms with Crippen LogP contribution in [0.15, 0.2) is 42.5 Å². The van der Waals surface area contributed by atoms with Gasteiger partial charge in [-0.15, -0.1) is 13.2 Å². The Morgan fingerprint density at radius 1 is 1.14 bits per heavy atom. The highest BCUT2D eigenvalue weighted by Crippen LogP contribution is 2.27. The maximum absolute atomic E-state index is 12.1. The van der Waals surface area contributed by atoms with E-state index in [4.69, 9.17) is 16.3 Å². The van der Waals surface area contributed by atoms with Crippen molar-refractivity contribution in [2.45, 2.75) is 6.36 Å². The first-order valence-electron chi connectivity index (χ1n) is 7.32. The van der Waals surface area contributed by atoms with Crippen LogP contribution in [0.1, 0.15) is 10.4 Å². The van der Waals surface area contributed by atoms with E-state index >= 15 is 0 Å². The fraction of sp³-hybridized carbons (Fsp3) is 0.125. The molecule has 0 unspecified atom stereocenters. The molecule has 0 bridgehead atoms. The average Bonchev–Trinajstić information content (AvgIpc) is 2.60. The number of esters is 1. The molecule has 0 saturated carbocycles. The fourth-order valence-electron chi connectivity index (χ4n) is 1.93. The van der Waals surface area contributed by atoms with Gasteiger partial charge in [-0.05, 0) is 36.4 Å². The smallest absolute Gasteiger partial charge is 0.452 e. The number of nitrogens with zero attached hydrogens (tertiary/aromatic N) is 1. The summed E-state index contributed by atoms with van der Waals surface area (Å²) < 4.78 is 44.6. The normalized spacial score (nSPS) is 10.9. The van der Waals surface area contributed by atoms with Crippen molar-refractivity contribution >= 4 is 34.9 Å². The van der Waals surface area contributed by atoms with Crippen molar-refractivity contribution < 1.29 is 37.2 Å². The van der Waals surface area contributed by atoms with Gasteiger partial charge >= 0.3 is 12.3 Å². The van der Waals surface area contributed by atoms with E-state index in [0.717, 1.165) is 30.3 Å². The molecule has 0 aliphatic carbocycles. The highest BCUT2D eigenvalue weighted by Gasteiger charge is 2.31. The minimum atomic E-state index is -4.86. The minimum absolute atomic E-state index is 0.0609. The number of benzene rings is 2. The van der Waals surface area contributed by atoms with Crippen molar-refractivity contribution in [3.05, 3.63) is 63.2 Å². The Morgan fingerprint density at radius 3 is 2.36 bits per heavy atom. The number of ether oxygens (including phenoxy) is 2. The van der Waals surface area contributed by atoms with Gasteiger partial charge in [0.1, 0.15) is 10.8 Å². The molecule has 0 atom stereocenters. The summed E-state index contributed by atoms with van der Waals surface area (Å²) in [6.45, 7) is -0.726. The van der Waals surface area contributed by atoms with Gasteiger partial charge in [0, 0.05) is 11.8 Å². The van der Waals surface area contributed by atoms with Gasteiger partial charge in [0.2, 0.25) is 0 Å². The lowest BCUT2D eigenvalue weighted by molar-refractivity contribution is -0.384. The molecule has 0 radical (unpaired) electrons. The summed E-state index contributed by atoms with van der Waals surface area (Å²) in [6.07, 6.45) is -4.86. The lowest BCUT2D eigenvalue weighted by atomic mass is 10.2. The van der Waals surface area contributed by atoms with Gasteiger partial charge in [-0.3, -0.25) is 14.9 Å². The molecule has 0 aromatic heterocycles. The third-order valence-electron chi connectivity index (χ3n) is 3.08. The third kappa shape index (κ3) is 6.13. The SMILES string of the molecule is O=C(COC(=O)c1ccc(OC(F)(F)F)cc1)Nc1ccc(Cl)c([N+](=O)[O-])c1. The Bertz CT molecular complexity index is 902. The summed E-state index contributed by atoms with van der Waals surface area (Å²) in [5.41, 5.74) is -0.465. The van der Waals surface area contributed by atoms with Gasteiger partial charge in [-0.1, -0.05) is 11.6 Å². The Hall–Kier alpha value is -3.34. The Morgan fingerprint density at radius 2 is 1.79 bits per heavy atom. The molecule has 0 saturated heterocycles. The van der Waals surface area contributed by atoms with Gasteiger partial charge in [0.25, 0.3) is 11.6 Å². The summed E-state index contributed by atoms with van der Waals surface area (Å²) in [5.74, 6) is -2.27. The summed E-state index contributed by atoms with van der Waals surface area (Å²) in [6, 6.07) is 7.45. The fourth-order valence-corrected chi connectivity index (χ4v) is 2.12. The van der Waals surface area contributed by atoms with Crippen LogP contribution in [0.25, 0.3) is 0 Å². The average molecular weight is 419 g/mol. The van der Waals surface area contributed by atoms with Gasteiger partial charge in [0.05, 0.1) is 10.5 Å². The number of nitro groups is 1. The van der Waals surface area contributed by atoms with E-state index in [9.17, 15) is 32.9 Å². The number of rotatable bonds is 6. The highest BCUT2D eigenvalue weighted by molar-refractivity contribution is 6.32. The molecule has 0 aliphatic rings. The monoisotopic (exact) mass is 418 g/mol. The molecule has 0 spiro atoms. The van der Waals surface area contributed by atoms with Crippen molar-refractivity contribution in [3.63, 3.8) is 0 Å².